The van der Waals surface area contributed by atoms with Crippen LogP contribution in [-0.4, -0.2) is 28.1 Å². The largest absolute Gasteiger partial charge is 0.349 e. The molecule has 0 radical (unpaired) electrons. The number of carbonyl (C=O) groups excluding carboxylic acids is 1. The first-order valence-electron chi connectivity index (χ1n) is 6.03. The lowest BCUT2D eigenvalue weighted by atomic mass is 9.95. The monoisotopic (exact) mass is 238 g/mol. The van der Waals surface area contributed by atoms with E-state index in [1.165, 1.54) is 0 Å². The van der Waals surface area contributed by atoms with Crippen LogP contribution in [0.3, 0.4) is 0 Å². The van der Waals surface area contributed by atoms with Crippen molar-refractivity contribution < 1.29 is 9.32 Å². The van der Waals surface area contributed by atoms with Crippen molar-refractivity contribution in [2.24, 2.45) is 5.73 Å². The highest BCUT2D eigenvalue weighted by Gasteiger charge is 2.32. The second-order valence-corrected chi connectivity index (χ2v) is 4.62. The minimum atomic E-state index is -0.306. The molecular formula is C11H18N4O2. The summed E-state index contributed by atoms with van der Waals surface area (Å²) in [5.41, 5.74) is 5.98. The molecule has 1 aromatic rings. The predicted molar refractivity (Wildman–Crippen MR) is 61.4 cm³/mol. The summed E-state index contributed by atoms with van der Waals surface area (Å²) in [5.74, 6) is 0.235. The maximum atomic E-state index is 11.4. The molecule has 0 aliphatic heterocycles. The van der Waals surface area contributed by atoms with Crippen LogP contribution in [-0.2, 0) is 6.42 Å². The average molecular weight is 238 g/mol. The summed E-state index contributed by atoms with van der Waals surface area (Å²) in [6.45, 7) is 2.38. The molecule has 1 saturated carbocycles. The van der Waals surface area contributed by atoms with Gasteiger partial charge in [0.2, 0.25) is 5.89 Å². The third-order valence-corrected chi connectivity index (χ3v) is 3.11. The lowest BCUT2D eigenvalue weighted by Gasteiger charge is -2.20. The van der Waals surface area contributed by atoms with E-state index < -0.39 is 0 Å². The maximum Gasteiger partial charge on any atom is 0.292 e. The SMILES string of the molecule is CCNC(=O)c1noc(CC2(N)CCCC2)n1. The van der Waals surface area contributed by atoms with Gasteiger partial charge in [-0.25, -0.2) is 0 Å². The number of carbonyl (C=O) groups is 1. The van der Waals surface area contributed by atoms with Crippen LogP contribution in [0.15, 0.2) is 4.52 Å². The van der Waals surface area contributed by atoms with E-state index >= 15 is 0 Å². The van der Waals surface area contributed by atoms with Crippen molar-refractivity contribution in [2.45, 2.75) is 44.6 Å². The van der Waals surface area contributed by atoms with E-state index in [4.69, 9.17) is 10.3 Å². The van der Waals surface area contributed by atoms with Gasteiger partial charge in [0.15, 0.2) is 0 Å². The first-order chi connectivity index (χ1) is 8.13. The van der Waals surface area contributed by atoms with Gasteiger partial charge in [-0.2, -0.15) is 4.98 Å². The Hall–Kier alpha value is -1.43. The lowest BCUT2D eigenvalue weighted by molar-refractivity contribution is 0.0942. The number of nitrogens with zero attached hydrogens (tertiary/aromatic N) is 2. The van der Waals surface area contributed by atoms with Crippen LogP contribution in [0, 0.1) is 0 Å². The number of nitrogens with two attached hydrogens (primary N) is 1. The molecule has 0 bridgehead atoms. The third-order valence-electron chi connectivity index (χ3n) is 3.11. The third kappa shape index (κ3) is 2.82. The van der Waals surface area contributed by atoms with Gasteiger partial charge in [-0.1, -0.05) is 18.0 Å². The molecule has 1 heterocycles. The highest BCUT2D eigenvalue weighted by molar-refractivity contribution is 5.90. The van der Waals surface area contributed by atoms with Crippen molar-refractivity contribution in [3.05, 3.63) is 11.7 Å². The van der Waals surface area contributed by atoms with E-state index in [-0.39, 0.29) is 17.3 Å². The molecule has 1 aliphatic carbocycles. The number of amides is 1. The molecule has 0 unspecified atom stereocenters. The van der Waals surface area contributed by atoms with E-state index in [0.717, 1.165) is 25.7 Å². The van der Waals surface area contributed by atoms with Crippen LogP contribution in [0.25, 0.3) is 0 Å². The molecule has 0 spiro atoms. The summed E-state index contributed by atoms with van der Waals surface area (Å²) in [6, 6.07) is 0. The molecule has 0 atom stereocenters. The zero-order chi connectivity index (χ0) is 12.3. The quantitative estimate of drug-likeness (QED) is 0.802. The summed E-state index contributed by atoms with van der Waals surface area (Å²) in [4.78, 5) is 15.5. The Labute approximate surface area is 99.9 Å². The van der Waals surface area contributed by atoms with Gasteiger partial charge >= 0.3 is 0 Å². The standard InChI is InChI=1S/C11H18N4O2/c1-2-13-10(16)9-14-8(17-15-9)7-11(12)5-3-4-6-11/h2-7,12H2,1H3,(H,13,16). The Morgan fingerprint density at radius 3 is 2.88 bits per heavy atom. The van der Waals surface area contributed by atoms with Crippen LogP contribution in [0.1, 0.15) is 49.1 Å². The average Bonchev–Trinajstić information content (AvgIpc) is 2.89. The lowest BCUT2D eigenvalue weighted by Crippen LogP contribution is -2.38. The number of aromatic nitrogens is 2. The van der Waals surface area contributed by atoms with Crippen molar-refractivity contribution in [1.82, 2.24) is 15.5 Å². The van der Waals surface area contributed by atoms with Crippen molar-refractivity contribution in [1.29, 1.82) is 0 Å². The number of nitrogens with one attached hydrogen (secondary N) is 1. The fraction of sp³-hybridized carbons (Fsp3) is 0.727. The van der Waals surface area contributed by atoms with Gasteiger partial charge in [0, 0.05) is 18.5 Å². The minimum absolute atomic E-state index is 0.0865. The Morgan fingerprint density at radius 1 is 1.53 bits per heavy atom. The van der Waals surface area contributed by atoms with E-state index in [9.17, 15) is 4.79 Å². The molecular weight excluding hydrogens is 220 g/mol. The summed E-state index contributed by atoms with van der Waals surface area (Å²) in [5, 5.41) is 6.28. The molecule has 1 fully saturated rings. The molecule has 1 aromatic heterocycles. The van der Waals surface area contributed by atoms with Gasteiger partial charge < -0.3 is 15.6 Å². The molecule has 94 valence electrons. The van der Waals surface area contributed by atoms with Crippen molar-refractivity contribution in [3.8, 4) is 0 Å². The highest BCUT2D eigenvalue weighted by atomic mass is 16.5. The summed E-state index contributed by atoms with van der Waals surface area (Å²) < 4.78 is 5.06. The zero-order valence-electron chi connectivity index (χ0n) is 10.0. The normalized spacial score (nSPS) is 18.2. The first-order valence-corrected chi connectivity index (χ1v) is 6.03. The van der Waals surface area contributed by atoms with Crippen LogP contribution < -0.4 is 11.1 Å². The van der Waals surface area contributed by atoms with Gasteiger partial charge in [0.05, 0.1) is 0 Å². The smallest absolute Gasteiger partial charge is 0.292 e. The van der Waals surface area contributed by atoms with Gasteiger partial charge in [-0.05, 0) is 19.8 Å². The van der Waals surface area contributed by atoms with Crippen molar-refractivity contribution in [3.63, 3.8) is 0 Å². The molecule has 3 N–H and O–H groups in total. The Bertz CT molecular complexity index is 396. The van der Waals surface area contributed by atoms with E-state index in [1.54, 1.807) is 0 Å². The number of hydrogen-bond acceptors (Lipinski definition) is 5. The Kier molecular flexibility index (Phi) is 3.42. The predicted octanol–water partition coefficient (Wildman–Crippen LogP) is 0.633. The summed E-state index contributed by atoms with van der Waals surface area (Å²) in [7, 11) is 0. The van der Waals surface area contributed by atoms with Crippen molar-refractivity contribution in [2.75, 3.05) is 6.54 Å². The molecule has 1 aliphatic rings. The second kappa shape index (κ2) is 4.83. The van der Waals surface area contributed by atoms with Crippen LogP contribution in [0.2, 0.25) is 0 Å². The van der Waals surface area contributed by atoms with Gasteiger partial charge in [-0.3, -0.25) is 4.79 Å². The Morgan fingerprint density at radius 2 is 2.24 bits per heavy atom. The molecule has 6 nitrogen and oxygen atoms in total. The van der Waals surface area contributed by atoms with E-state index in [0.29, 0.717) is 18.9 Å². The molecule has 0 saturated heterocycles. The topological polar surface area (TPSA) is 94.0 Å². The minimum Gasteiger partial charge on any atom is -0.349 e. The van der Waals surface area contributed by atoms with Crippen LogP contribution in [0.5, 0.6) is 0 Å². The highest BCUT2D eigenvalue weighted by Crippen LogP contribution is 2.29. The molecule has 6 heteroatoms. The number of hydrogen-bond donors (Lipinski definition) is 2. The zero-order valence-corrected chi connectivity index (χ0v) is 10.0. The first kappa shape index (κ1) is 12.0. The second-order valence-electron chi connectivity index (χ2n) is 4.62. The molecule has 0 aromatic carbocycles. The van der Waals surface area contributed by atoms with Gasteiger partial charge in [0.25, 0.3) is 11.7 Å². The van der Waals surface area contributed by atoms with Crippen molar-refractivity contribution >= 4 is 5.91 Å². The Balaban J connectivity index is 2.00. The fourth-order valence-electron chi connectivity index (χ4n) is 2.22. The molecule has 17 heavy (non-hydrogen) atoms. The molecule has 2 rings (SSSR count). The summed E-state index contributed by atoms with van der Waals surface area (Å²) in [6.07, 6.45) is 4.80. The van der Waals surface area contributed by atoms with Gasteiger partial charge in [0.1, 0.15) is 0 Å². The van der Waals surface area contributed by atoms with Crippen LogP contribution >= 0.6 is 0 Å². The maximum absolute atomic E-state index is 11.4. The number of rotatable bonds is 4. The fourth-order valence-corrected chi connectivity index (χ4v) is 2.22. The summed E-state index contributed by atoms with van der Waals surface area (Å²) >= 11 is 0. The van der Waals surface area contributed by atoms with Gasteiger partial charge in [-0.15, -0.1) is 0 Å². The molecule has 1 amide bonds. The van der Waals surface area contributed by atoms with Crippen LogP contribution in [0.4, 0.5) is 0 Å². The van der Waals surface area contributed by atoms with E-state index in [2.05, 4.69) is 15.5 Å². The van der Waals surface area contributed by atoms with E-state index in [1.807, 2.05) is 6.92 Å².